The van der Waals surface area contributed by atoms with Gasteiger partial charge < -0.3 is 15.4 Å². The molecule has 0 fully saturated rings. The number of amides is 3. The summed E-state index contributed by atoms with van der Waals surface area (Å²) in [6.45, 7) is 0. The van der Waals surface area contributed by atoms with Gasteiger partial charge >= 0.3 is 6.09 Å². The Balaban J connectivity index is 1.41. The number of hydrogen-bond acceptors (Lipinski definition) is 8. The molecule has 1 unspecified atom stereocenters. The molecular weight excluding hydrogens is 560 g/mol. The monoisotopic (exact) mass is 586 g/mol. The molecule has 12 nitrogen and oxygen atoms in total. The molecule has 42 heavy (non-hydrogen) atoms. The number of carbonyl (C=O) groups is 3. The number of pyridine rings is 1. The van der Waals surface area contributed by atoms with Crippen LogP contribution in [0.3, 0.4) is 0 Å². The Morgan fingerprint density at radius 2 is 2.02 bits per heavy atom. The van der Waals surface area contributed by atoms with E-state index in [1.807, 2.05) is 12.1 Å². The lowest BCUT2D eigenvalue weighted by Crippen LogP contribution is -2.27. The average Bonchev–Trinajstić information content (AvgIpc) is 3.52. The molecule has 0 saturated heterocycles. The van der Waals surface area contributed by atoms with Crippen LogP contribution < -0.4 is 16.0 Å². The fourth-order valence-corrected chi connectivity index (χ4v) is 4.80. The second-order valence-electron chi connectivity index (χ2n) is 9.49. The maximum Gasteiger partial charge on any atom is 0.411 e. The summed E-state index contributed by atoms with van der Waals surface area (Å²) in [7, 11) is 1.28. The van der Waals surface area contributed by atoms with Crippen LogP contribution in [0.25, 0.3) is 22.9 Å². The quantitative estimate of drug-likeness (QED) is 0.278. The minimum atomic E-state index is -0.616. The van der Waals surface area contributed by atoms with Gasteiger partial charge in [-0.25, -0.2) is 4.79 Å². The van der Waals surface area contributed by atoms with Crippen molar-refractivity contribution in [3.8, 4) is 16.8 Å². The average molecular weight is 587 g/mol. The van der Waals surface area contributed by atoms with E-state index in [1.54, 1.807) is 48.7 Å². The Morgan fingerprint density at radius 1 is 1.14 bits per heavy atom. The molecule has 1 aliphatic rings. The maximum absolute atomic E-state index is 13.1. The fourth-order valence-electron chi connectivity index (χ4n) is 4.62. The topological polar surface area (TPSA) is 153 Å². The molecule has 0 saturated carbocycles. The smallest absolute Gasteiger partial charge is 0.411 e. The van der Waals surface area contributed by atoms with E-state index in [0.717, 1.165) is 11.1 Å². The van der Waals surface area contributed by atoms with Gasteiger partial charge in [0, 0.05) is 40.5 Å². The van der Waals surface area contributed by atoms with Crippen LogP contribution in [0.2, 0.25) is 5.02 Å². The van der Waals surface area contributed by atoms with E-state index in [-0.39, 0.29) is 11.8 Å². The van der Waals surface area contributed by atoms with Gasteiger partial charge in [0.25, 0.3) is 0 Å². The van der Waals surface area contributed by atoms with Gasteiger partial charge in [-0.15, -0.1) is 5.10 Å². The number of tetrazole rings is 1. The van der Waals surface area contributed by atoms with Crippen LogP contribution in [0.1, 0.15) is 43.0 Å². The SMILES string of the molecule is COC(=O)Nc1ccc2c(c1)NC(=O)CCCCC(NC(=O)C=Cc1cc(Cl)ccc1-n1cnnn1)c1cc-2ccn1. The van der Waals surface area contributed by atoms with Crippen LogP contribution >= 0.6 is 11.6 Å². The second-order valence-corrected chi connectivity index (χ2v) is 9.93. The lowest BCUT2D eigenvalue weighted by atomic mass is 9.98. The molecule has 13 heteroatoms. The summed E-state index contributed by atoms with van der Waals surface area (Å²) < 4.78 is 6.17. The first-order valence-corrected chi connectivity index (χ1v) is 13.5. The number of methoxy groups -OCH3 is 1. The minimum absolute atomic E-state index is 0.148. The van der Waals surface area contributed by atoms with E-state index < -0.39 is 12.1 Å². The Hall–Kier alpha value is -5.10. The van der Waals surface area contributed by atoms with Gasteiger partial charge in [-0.3, -0.25) is 19.9 Å². The number of fused-ring (bicyclic) bond motifs is 4. The molecule has 0 aliphatic carbocycles. The van der Waals surface area contributed by atoms with Gasteiger partial charge in [0.05, 0.1) is 30.2 Å². The molecule has 3 N–H and O–H groups in total. The number of nitrogens with one attached hydrogen (secondary N) is 3. The number of nitrogens with zero attached hydrogens (tertiary/aromatic N) is 5. The van der Waals surface area contributed by atoms with Gasteiger partial charge in [0.2, 0.25) is 11.8 Å². The van der Waals surface area contributed by atoms with Crippen molar-refractivity contribution < 1.29 is 19.1 Å². The van der Waals surface area contributed by atoms with E-state index in [4.69, 9.17) is 11.6 Å². The minimum Gasteiger partial charge on any atom is -0.453 e. The zero-order chi connectivity index (χ0) is 29.5. The van der Waals surface area contributed by atoms with Crippen LogP contribution in [0, 0.1) is 0 Å². The molecule has 0 spiro atoms. The zero-order valence-corrected chi connectivity index (χ0v) is 23.3. The molecule has 214 valence electrons. The second kappa shape index (κ2) is 13.0. The lowest BCUT2D eigenvalue weighted by Gasteiger charge is -2.20. The highest BCUT2D eigenvalue weighted by Crippen LogP contribution is 2.33. The molecule has 2 aromatic carbocycles. The molecular formula is C29H27ClN8O4. The summed E-state index contributed by atoms with van der Waals surface area (Å²) >= 11 is 6.20. The Bertz CT molecular complexity index is 1640. The summed E-state index contributed by atoms with van der Waals surface area (Å²) in [6, 6.07) is 13.7. The standard InChI is InChI=1S/C29H27ClN8O4/c1-42-29(41)33-21-8-9-22-18-12-13-31-25(15-18)23(4-2-3-5-27(39)35-24(22)16-21)34-28(40)11-6-19-14-20(30)7-10-26(19)38-17-32-36-37-38/h6-17,23H,2-5H2,1H3,(H,33,41)(H,34,40)(H,35,39). The highest BCUT2D eigenvalue weighted by atomic mass is 35.5. The van der Waals surface area contributed by atoms with Gasteiger partial charge in [-0.05, 0) is 77.4 Å². The number of anilines is 2. The van der Waals surface area contributed by atoms with Crippen molar-refractivity contribution >= 4 is 47.0 Å². The molecule has 1 aliphatic heterocycles. The normalized spacial score (nSPS) is 15.1. The third-order valence-electron chi connectivity index (χ3n) is 6.64. The van der Waals surface area contributed by atoms with Crippen molar-refractivity contribution in [2.75, 3.05) is 17.7 Å². The van der Waals surface area contributed by atoms with E-state index >= 15 is 0 Å². The summed E-state index contributed by atoms with van der Waals surface area (Å²) in [5.74, 6) is -0.469. The van der Waals surface area contributed by atoms with Crippen molar-refractivity contribution in [1.29, 1.82) is 0 Å². The predicted octanol–water partition coefficient (Wildman–Crippen LogP) is 4.94. The Morgan fingerprint density at radius 3 is 2.83 bits per heavy atom. The third kappa shape index (κ3) is 6.96. The lowest BCUT2D eigenvalue weighted by molar-refractivity contribution is -0.118. The predicted molar refractivity (Wildman–Crippen MR) is 157 cm³/mol. The Labute approximate surface area is 246 Å². The van der Waals surface area contributed by atoms with Crippen LogP contribution in [0.15, 0.2) is 67.1 Å². The summed E-state index contributed by atoms with van der Waals surface area (Å²) in [6.07, 6.45) is 7.77. The molecule has 2 aromatic heterocycles. The van der Waals surface area contributed by atoms with Gasteiger partial charge in [0.15, 0.2) is 0 Å². The molecule has 1 atom stereocenters. The number of aromatic nitrogens is 5. The number of rotatable bonds is 5. The summed E-state index contributed by atoms with van der Waals surface area (Å²) in [4.78, 5) is 42.2. The van der Waals surface area contributed by atoms with E-state index in [2.05, 4.69) is 41.2 Å². The van der Waals surface area contributed by atoms with Gasteiger partial charge in [-0.2, -0.15) is 4.68 Å². The van der Waals surface area contributed by atoms with Crippen LogP contribution in [0.4, 0.5) is 16.2 Å². The first-order chi connectivity index (χ1) is 20.4. The van der Waals surface area contributed by atoms with Crippen molar-refractivity contribution in [1.82, 2.24) is 30.5 Å². The van der Waals surface area contributed by atoms with Crippen molar-refractivity contribution in [2.45, 2.75) is 31.7 Å². The maximum atomic E-state index is 13.1. The molecule has 5 rings (SSSR count). The van der Waals surface area contributed by atoms with Crippen molar-refractivity contribution in [2.24, 2.45) is 0 Å². The molecule has 0 radical (unpaired) electrons. The van der Waals surface area contributed by atoms with Crippen LogP contribution in [0.5, 0.6) is 0 Å². The van der Waals surface area contributed by atoms with E-state index in [1.165, 1.54) is 24.2 Å². The van der Waals surface area contributed by atoms with Gasteiger partial charge in [-0.1, -0.05) is 24.1 Å². The number of halogens is 1. The largest absolute Gasteiger partial charge is 0.453 e. The fraction of sp³-hybridized carbons (Fsp3) is 0.207. The van der Waals surface area contributed by atoms with Gasteiger partial charge in [0.1, 0.15) is 6.33 Å². The van der Waals surface area contributed by atoms with E-state index in [9.17, 15) is 14.4 Å². The highest BCUT2D eigenvalue weighted by molar-refractivity contribution is 6.30. The zero-order valence-electron chi connectivity index (χ0n) is 22.6. The number of ether oxygens (including phenoxy) is 1. The number of benzene rings is 2. The molecule has 4 aromatic rings. The Kier molecular flexibility index (Phi) is 8.83. The summed E-state index contributed by atoms with van der Waals surface area (Å²) in [5, 5.41) is 20.4. The van der Waals surface area contributed by atoms with Crippen molar-refractivity contribution in [3.05, 3.63) is 83.4 Å². The number of hydrogen-bond donors (Lipinski definition) is 3. The molecule has 2 bridgehead atoms. The first kappa shape index (κ1) is 28.4. The highest BCUT2D eigenvalue weighted by Gasteiger charge is 2.19. The number of carbonyl (C=O) groups excluding carboxylic acids is 3. The van der Waals surface area contributed by atoms with Crippen molar-refractivity contribution in [3.63, 3.8) is 0 Å². The molecule has 3 amide bonds. The van der Waals surface area contributed by atoms with Crippen LogP contribution in [-0.2, 0) is 14.3 Å². The van der Waals surface area contributed by atoms with E-state index in [0.29, 0.717) is 59.0 Å². The first-order valence-electron chi connectivity index (χ1n) is 13.2. The third-order valence-corrected chi connectivity index (χ3v) is 6.87. The van der Waals surface area contributed by atoms with Crippen LogP contribution in [-0.4, -0.2) is 50.2 Å². The molecule has 3 heterocycles. The summed E-state index contributed by atoms with van der Waals surface area (Å²) in [5.41, 5.74) is 4.55.